The summed E-state index contributed by atoms with van der Waals surface area (Å²) in [6, 6.07) is 11.8. The molecule has 0 amide bonds. The Morgan fingerprint density at radius 3 is 2.27 bits per heavy atom. The average molecular weight is 337 g/mol. The summed E-state index contributed by atoms with van der Waals surface area (Å²) >= 11 is 5.75. The molecular formula is C16H17ClN2O2S. The van der Waals surface area contributed by atoms with Gasteiger partial charge in [-0.25, -0.2) is 0 Å². The molecule has 0 saturated heterocycles. The molecule has 2 aromatic carbocycles. The van der Waals surface area contributed by atoms with E-state index >= 15 is 0 Å². The second-order valence-corrected chi connectivity index (χ2v) is 7.14. The van der Waals surface area contributed by atoms with Crippen molar-refractivity contribution in [3.8, 4) is 0 Å². The summed E-state index contributed by atoms with van der Waals surface area (Å²) in [6.07, 6.45) is 0. The minimum atomic E-state index is -3.69. The molecule has 0 atom stereocenters. The Balaban J connectivity index is 2.22. The number of benzene rings is 2. The number of nitrogens with zero attached hydrogens (tertiary/aromatic N) is 1. The van der Waals surface area contributed by atoms with Gasteiger partial charge >= 0.3 is 0 Å². The van der Waals surface area contributed by atoms with Gasteiger partial charge in [-0.2, -0.15) is 18.4 Å². The monoisotopic (exact) mass is 336 g/mol. The van der Waals surface area contributed by atoms with Crippen LogP contribution in [-0.2, 0) is 10.0 Å². The molecule has 6 heteroatoms. The van der Waals surface area contributed by atoms with Gasteiger partial charge < -0.3 is 0 Å². The Labute approximate surface area is 135 Å². The lowest BCUT2D eigenvalue weighted by molar-refractivity contribution is 0.584. The van der Waals surface area contributed by atoms with Crippen molar-refractivity contribution in [2.75, 3.05) is 0 Å². The number of hydrogen-bond donors (Lipinski definition) is 1. The van der Waals surface area contributed by atoms with Crippen LogP contribution in [0.1, 0.15) is 23.6 Å². The summed E-state index contributed by atoms with van der Waals surface area (Å²) in [5, 5.41) is 4.46. The largest absolute Gasteiger partial charge is 0.276 e. The standard InChI is InChI=1S/C16H17ClN2O2S/c1-11-4-5-14(10-12(11)2)13(3)18-19-22(20,21)16-8-6-15(17)7-9-16/h4-10,19H,1-3H3/b18-13-. The van der Waals surface area contributed by atoms with E-state index in [1.54, 1.807) is 6.92 Å². The molecule has 0 spiro atoms. The second kappa shape index (κ2) is 6.50. The van der Waals surface area contributed by atoms with Gasteiger partial charge in [0.15, 0.2) is 0 Å². The van der Waals surface area contributed by atoms with Crippen molar-refractivity contribution < 1.29 is 8.42 Å². The maximum absolute atomic E-state index is 12.1. The quantitative estimate of drug-likeness (QED) is 0.684. The number of hydrogen-bond acceptors (Lipinski definition) is 3. The van der Waals surface area contributed by atoms with Gasteiger partial charge in [-0.05, 0) is 67.8 Å². The smallest absolute Gasteiger partial charge is 0.200 e. The second-order valence-electron chi connectivity index (χ2n) is 5.04. The van der Waals surface area contributed by atoms with Gasteiger partial charge in [-0.15, -0.1) is 0 Å². The lowest BCUT2D eigenvalue weighted by Gasteiger charge is -2.07. The van der Waals surface area contributed by atoms with Crippen LogP contribution in [0.2, 0.25) is 5.02 Å². The molecule has 2 aromatic rings. The summed E-state index contributed by atoms with van der Waals surface area (Å²) in [4.78, 5) is 2.36. The molecule has 116 valence electrons. The van der Waals surface area contributed by atoms with Crippen LogP contribution in [0.5, 0.6) is 0 Å². The molecule has 0 heterocycles. The Hall–Kier alpha value is -1.85. The van der Waals surface area contributed by atoms with Gasteiger partial charge in [-0.1, -0.05) is 23.7 Å². The van der Waals surface area contributed by atoms with Crippen LogP contribution in [0.3, 0.4) is 0 Å². The third kappa shape index (κ3) is 3.87. The van der Waals surface area contributed by atoms with E-state index in [9.17, 15) is 8.42 Å². The number of hydrazone groups is 1. The van der Waals surface area contributed by atoms with Crippen molar-refractivity contribution in [1.29, 1.82) is 0 Å². The van der Waals surface area contributed by atoms with E-state index in [1.807, 2.05) is 32.0 Å². The van der Waals surface area contributed by atoms with Crippen LogP contribution in [0.4, 0.5) is 0 Å². The normalized spacial score (nSPS) is 12.3. The molecule has 0 saturated carbocycles. The van der Waals surface area contributed by atoms with Crippen LogP contribution in [0.25, 0.3) is 0 Å². The van der Waals surface area contributed by atoms with Gasteiger partial charge in [0.05, 0.1) is 10.6 Å². The predicted molar refractivity (Wildman–Crippen MR) is 89.9 cm³/mol. The van der Waals surface area contributed by atoms with Crippen LogP contribution in [-0.4, -0.2) is 14.1 Å². The minimum Gasteiger partial charge on any atom is -0.200 e. The predicted octanol–water partition coefficient (Wildman–Crippen LogP) is 3.66. The molecule has 0 radical (unpaired) electrons. The third-order valence-electron chi connectivity index (χ3n) is 3.38. The molecule has 0 aliphatic rings. The fourth-order valence-corrected chi connectivity index (χ4v) is 2.81. The summed E-state index contributed by atoms with van der Waals surface area (Å²) in [5.74, 6) is 0. The molecule has 0 bridgehead atoms. The molecule has 0 unspecified atom stereocenters. The van der Waals surface area contributed by atoms with Crippen LogP contribution in [0, 0.1) is 13.8 Å². The van der Waals surface area contributed by atoms with Crippen molar-refractivity contribution in [3.63, 3.8) is 0 Å². The SMILES string of the molecule is C/C(=N/NS(=O)(=O)c1ccc(Cl)cc1)c1ccc(C)c(C)c1. The van der Waals surface area contributed by atoms with E-state index in [4.69, 9.17) is 11.6 Å². The number of halogens is 1. The van der Waals surface area contributed by atoms with E-state index in [0.29, 0.717) is 10.7 Å². The van der Waals surface area contributed by atoms with Crippen molar-refractivity contribution in [3.05, 3.63) is 64.2 Å². The number of nitrogens with one attached hydrogen (secondary N) is 1. The van der Waals surface area contributed by atoms with E-state index in [2.05, 4.69) is 9.93 Å². The topological polar surface area (TPSA) is 58.5 Å². The van der Waals surface area contributed by atoms with E-state index in [-0.39, 0.29) is 4.90 Å². The third-order valence-corrected chi connectivity index (χ3v) is 4.86. The Bertz CT molecular complexity index is 813. The molecule has 0 aliphatic carbocycles. The average Bonchev–Trinajstić information content (AvgIpc) is 2.48. The van der Waals surface area contributed by atoms with E-state index < -0.39 is 10.0 Å². The zero-order chi connectivity index (χ0) is 16.3. The molecule has 0 aliphatic heterocycles. The molecule has 2 rings (SSSR count). The van der Waals surface area contributed by atoms with Crippen LogP contribution in [0.15, 0.2) is 52.5 Å². The Morgan fingerprint density at radius 1 is 1.05 bits per heavy atom. The summed E-state index contributed by atoms with van der Waals surface area (Å²) < 4.78 is 24.3. The molecule has 0 fully saturated rings. The van der Waals surface area contributed by atoms with Crippen LogP contribution < -0.4 is 4.83 Å². The summed E-state index contributed by atoms with van der Waals surface area (Å²) in [5.41, 5.74) is 3.79. The lowest BCUT2D eigenvalue weighted by Crippen LogP contribution is -2.19. The van der Waals surface area contributed by atoms with Crippen molar-refractivity contribution >= 4 is 27.3 Å². The van der Waals surface area contributed by atoms with Crippen LogP contribution >= 0.6 is 11.6 Å². The first-order valence-corrected chi connectivity index (χ1v) is 8.55. The minimum absolute atomic E-state index is 0.119. The first kappa shape index (κ1) is 16.5. The number of rotatable bonds is 4. The van der Waals surface area contributed by atoms with Gasteiger partial charge in [0, 0.05) is 5.02 Å². The highest BCUT2D eigenvalue weighted by molar-refractivity contribution is 7.89. The van der Waals surface area contributed by atoms with Gasteiger partial charge in [0.2, 0.25) is 0 Å². The fourth-order valence-electron chi connectivity index (χ4n) is 1.83. The zero-order valence-corrected chi connectivity index (χ0v) is 14.2. The highest BCUT2D eigenvalue weighted by atomic mass is 35.5. The molecule has 0 aromatic heterocycles. The summed E-state index contributed by atoms with van der Waals surface area (Å²) in [6.45, 7) is 5.79. The van der Waals surface area contributed by atoms with Gasteiger partial charge in [0.25, 0.3) is 10.0 Å². The maximum Gasteiger partial charge on any atom is 0.276 e. The summed E-state index contributed by atoms with van der Waals surface area (Å²) in [7, 11) is -3.69. The highest BCUT2D eigenvalue weighted by Crippen LogP contribution is 2.14. The first-order chi connectivity index (χ1) is 10.3. The molecular weight excluding hydrogens is 320 g/mol. The highest BCUT2D eigenvalue weighted by Gasteiger charge is 2.12. The lowest BCUT2D eigenvalue weighted by atomic mass is 10.0. The van der Waals surface area contributed by atoms with Crippen molar-refractivity contribution in [2.45, 2.75) is 25.7 Å². The van der Waals surface area contributed by atoms with Gasteiger partial charge in [0.1, 0.15) is 0 Å². The van der Waals surface area contributed by atoms with E-state index in [0.717, 1.165) is 11.1 Å². The number of aryl methyl sites for hydroxylation is 2. The maximum atomic E-state index is 12.1. The number of sulfonamides is 1. The molecule has 22 heavy (non-hydrogen) atoms. The fraction of sp³-hybridized carbons (Fsp3) is 0.188. The Kier molecular flexibility index (Phi) is 4.88. The van der Waals surface area contributed by atoms with Crippen molar-refractivity contribution in [1.82, 2.24) is 4.83 Å². The Morgan fingerprint density at radius 2 is 1.68 bits per heavy atom. The molecule has 1 N–H and O–H groups in total. The van der Waals surface area contributed by atoms with Crippen molar-refractivity contribution in [2.24, 2.45) is 5.10 Å². The van der Waals surface area contributed by atoms with Gasteiger partial charge in [-0.3, -0.25) is 0 Å². The first-order valence-electron chi connectivity index (χ1n) is 6.69. The zero-order valence-electron chi connectivity index (χ0n) is 12.6. The molecule has 4 nitrogen and oxygen atoms in total. The van der Waals surface area contributed by atoms with E-state index in [1.165, 1.54) is 29.8 Å².